The van der Waals surface area contributed by atoms with Crippen LogP contribution in [0, 0.1) is 0 Å². The molecule has 1 heterocycles. The molecule has 0 saturated carbocycles. The van der Waals surface area contributed by atoms with Crippen molar-refractivity contribution in [2.24, 2.45) is 0 Å². The molecule has 0 aromatic carbocycles. The van der Waals surface area contributed by atoms with E-state index in [0.717, 1.165) is 19.7 Å². The predicted octanol–water partition coefficient (Wildman–Crippen LogP) is -0.238. The second kappa shape index (κ2) is 6.32. The number of ether oxygens (including phenoxy) is 2. The lowest BCUT2D eigenvalue weighted by Gasteiger charge is -2.23. The van der Waals surface area contributed by atoms with Crippen molar-refractivity contribution in [3.63, 3.8) is 0 Å². The molecule has 1 rings (SSSR count). The summed E-state index contributed by atoms with van der Waals surface area (Å²) in [5.41, 5.74) is 0. The van der Waals surface area contributed by atoms with Crippen molar-refractivity contribution in [2.45, 2.75) is 25.6 Å². The van der Waals surface area contributed by atoms with Crippen LogP contribution < -0.4 is 5.32 Å². The summed E-state index contributed by atoms with van der Waals surface area (Å²) < 4.78 is 10.8. The first kappa shape index (κ1) is 10.9. The SMILES string of the molecule is CC(O)CCOCC1CNCCO1. The van der Waals surface area contributed by atoms with Crippen molar-refractivity contribution in [2.75, 3.05) is 32.9 Å². The molecule has 1 fully saturated rings. The average Bonchev–Trinajstić information content (AvgIpc) is 2.14. The Balaban J connectivity index is 1.92. The highest BCUT2D eigenvalue weighted by molar-refractivity contribution is 4.65. The van der Waals surface area contributed by atoms with Gasteiger partial charge in [0.25, 0.3) is 0 Å². The molecule has 1 aliphatic rings. The zero-order chi connectivity index (χ0) is 9.52. The summed E-state index contributed by atoms with van der Waals surface area (Å²) in [6, 6.07) is 0. The van der Waals surface area contributed by atoms with Crippen molar-refractivity contribution < 1.29 is 14.6 Å². The average molecular weight is 189 g/mol. The van der Waals surface area contributed by atoms with Crippen molar-refractivity contribution in [1.82, 2.24) is 5.32 Å². The maximum Gasteiger partial charge on any atom is 0.0933 e. The molecule has 1 aliphatic heterocycles. The minimum atomic E-state index is -0.273. The summed E-state index contributed by atoms with van der Waals surface area (Å²) in [6.45, 7) is 5.57. The molecule has 4 nitrogen and oxygen atoms in total. The number of morpholine rings is 1. The summed E-state index contributed by atoms with van der Waals surface area (Å²) in [6.07, 6.45) is 0.605. The first-order chi connectivity index (χ1) is 6.29. The Hall–Kier alpha value is -0.160. The van der Waals surface area contributed by atoms with E-state index in [4.69, 9.17) is 14.6 Å². The third-order valence-corrected chi connectivity index (χ3v) is 1.99. The molecule has 13 heavy (non-hydrogen) atoms. The van der Waals surface area contributed by atoms with Gasteiger partial charge in [0.2, 0.25) is 0 Å². The summed E-state index contributed by atoms with van der Waals surface area (Å²) in [5, 5.41) is 12.2. The molecule has 1 saturated heterocycles. The van der Waals surface area contributed by atoms with Crippen LogP contribution in [0.5, 0.6) is 0 Å². The third-order valence-electron chi connectivity index (χ3n) is 1.99. The van der Waals surface area contributed by atoms with Crippen molar-refractivity contribution in [3.8, 4) is 0 Å². The minimum Gasteiger partial charge on any atom is -0.393 e. The van der Waals surface area contributed by atoms with Crippen LogP contribution >= 0.6 is 0 Å². The Kier molecular flexibility index (Phi) is 5.31. The van der Waals surface area contributed by atoms with Gasteiger partial charge in [-0.3, -0.25) is 0 Å². The smallest absolute Gasteiger partial charge is 0.0933 e. The van der Waals surface area contributed by atoms with Crippen LogP contribution in [-0.4, -0.2) is 50.2 Å². The number of rotatable bonds is 5. The normalized spacial score (nSPS) is 25.8. The number of nitrogens with one attached hydrogen (secondary N) is 1. The van der Waals surface area contributed by atoms with Crippen LogP contribution in [0.1, 0.15) is 13.3 Å². The lowest BCUT2D eigenvalue weighted by molar-refractivity contribution is -0.0356. The van der Waals surface area contributed by atoms with E-state index in [-0.39, 0.29) is 12.2 Å². The highest BCUT2D eigenvalue weighted by Crippen LogP contribution is 1.98. The van der Waals surface area contributed by atoms with E-state index in [0.29, 0.717) is 19.6 Å². The predicted molar refractivity (Wildman–Crippen MR) is 49.7 cm³/mol. The Labute approximate surface area is 79.2 Å². The largest absolute Gasteiger partial charge is 0.393 e. The van der Waals surface area contributed by atoms with Gasteiger partial charge in [0, 0.05) is 19.7 Å². The number of hydrogen-bond donors (Lipinski definition) is 2. The minimum absolute atomic E-state index is 0.183. The van der Waals surface area contributed by atoms with Crippen molar-refractivity contribution in [1.29, 1.82) is 0 Å². The van der Waals surface area contributed by atoms with Gasteiger partial charge in [0.15, 0.2) is 0 Å². The monoisotopic (exact) mass is 189 g/mol. The Morgan fingerprint density at radius 1 is 1.69 bits per heavy atom. The second-order valence-electron chi connectivity index (χ2n) is 3.41. The summed E-state index contributed by atoms with van der Waals surface area (Å²) in [4.78, 5) is 0. The molecule has 2 unspecified atom stereocenters. The third kappa shape index (κ3) is 5.21. The molecule has 0 amide bonds. The van der Waals surface area contributed by atoms with Gasteiger partial charge >= 0.3 is 0 Å². The molecule has 0 aromatic rings. The van der Waals surface area contributed by atoms with E-state index in [1.807, 2.05) is 0 Å². The highest BCUT2D eigenvalue weighted by Gasteiger charge is 2.12. The second-order valence-corrected chi connectivity index (χ2v) is 3.41. The Morgan fingerprint density at radius 3 is 3.15 bits per heavy atom. The van der Waals surface area contributed by atoms with Gasteiger partial charge in [0.05, 0.1) is 25.4 Å². The number of hydrogen-bond acceptors (Lipinski definition) is 4. The zero-order valence-electron chi connectivity index (χ0n) is 8.16. The standard InChI is InChI=1S/C9H19NO3/c1-8(11)2-4-12-7-9-6-10-3-5-13-9/h8-11H,2-7H2,1H3. The number of aliphatic hydroxyl groups is 1. The lowest BCUT2D eigenvalue weighted by Crippen LogP contribution is -2.41. The van der Waals surface area contributed by atoms with Crippen LogP contribution in [0.15, 0.2) is 0 Å². The number of aliphatic hydroxyl groups excluding tert-OH is 1. The molecule has 2 N–H and O–H groups in total. The Bertz CT molecular complexity index is 124. The van der Waals surface area contributed by atoms with E-state index in [9.17, 15) is 0 Å². The van der Waals surface area contributed by atoms with E-state index in [1.54, 1.807) is 6.92 Å². The van der Waals surface area contributed by atoms with E-state index in [2.05, 4.69) is 5.32 Å². The maximum absolute atomic E-state index is 8.97. The topological polar surface area (TPSA) is 50.7 Å². The lowest BCUT2D eigenvalue weighted by atomic mass is 10.3. The molecule has 0 spiro atoms. The van der Waals surface area contributed by atoms with Crippen LogP contribution in [0.25, 0.3) is 0 Å². The molecule has 0 bridgehead atoms. The molecule has 0 aliphatic carbocycles. The van der Waals surface area contributed by atoms with Gasteiger partial charge in [0.1, 0.15) is 0 Å². The van der Waals surface area contributed by atoms with Crippen molar-refractivity contribution >= 4 is 0 Å². The molecule has 0 radical (unpaired) electrons. The summed E-state index contributed by atoms with van der Waals surface area (Å²) in [7, 11) is 0. The van der Waals surface area contributed by atoms with Crippen LogP contribution in [-0.2, 0) is 9.47 Å². The van der Waals surface area contributed by atoms with Gasteiger partial charge in [-0.1, -0.05) is 0 Å². The molecule has 4 heteroatoms. The van der Waals surface area contributed by atoms with Gasteiger partial charge in [-0.15, -0.1) is 0 Å². The Morgan fingerprint density at radius 2 is 2.54 bits per heavy atom. The quantitative estimate of drug-likeness (QED) is 0.586. The van der Waals surface area contributed by atoms with Crippen LogP contribution in [0.2, 0.25) is 0 Å². The fourth-order valence-electron chi connectivity index (χ4n) is 1.20. The molecule has 2 atom stereocenters. The fraction of sp³-hybridized carbons (Fsp3) is 1.00. The van der Waals surface area contributed by atoms with Gasteiger partial charge in [-0.25, -0.2) is 0 Å². The van der Waals surface area contributed by atoms with Crippen molar-refractivity contribution in [3.05, 3.63) is 0 Å². The van der Waals surface area contributed by atoms with E-state index >= 15 is 0 Å². The molecule has 78 valence electrons. The van der Waals surface area contributed by atoms with Gasteiger partial charge < -0.3 is 19.9 Å². The van der Waals surface area contributed by atoms with Gasteiger partial charge in [-0.2, -0.15) is 0 Å². The molecule has 0 aromatic heterocycles. The first-order valence-electron chi connectivity index (χ1n) is 4.87. The fourth-order valence-corrected chi connectivity index (χ4v) is 1.20. The summed E-state index contributed by atoms with van der Waals surface area (Å²) >= 11 is 0. The molecular formula is C9H19NO3. The van der Waals surface area contributed by atoms with Crippen LogP contribution in [0.4, 0.5) is 0 Å². The van der Waals surface area contributed by atoms with E-state index in [1.165, 1.54) is 0 Å². The maximum atomic E-state index is 8.97. The first-order valence-corrected chi connectivity index (χ1v) is 4.87. The summed E-state index contributed by atoms with van der Waals surface area (Å²) in [5.74, 6) is 0. The molecular weight excluding hydrogens is 170 g/mol. The highest BCUT2D eigenvalue weighted by atomic mass is 16.5. The zero-order valence-corrected chi connectivity index (χ0v) is 8.16. The van der Waals surface area contributed by atoms with Gasteiger partial charge in [-0.05, 0) is 13.3 Å². The van der Waals surface area contributed by atoms with Crippen LogP contribution in [0.3, 0.4) is 0 Å². The van der Waals surface area contributed by atoms with E-state index < -0.39 is 0 Å².